The molecule has 1 N–H and O–H groups in total. The minimum Gasteiger partial charge on any atom is -0.481 e. The summed E-state index contributed by atoms with van der Waals surface area (Å²) in [4.78, 5) is 30.2. The average Bonchev–Trinajstić information content (AvgIpc) is 3.22. The average molecular weight is 460 g/mol. The summed E-state index contributed by atoms with van der Waals surface area (Å²) in [6, 6.07) is 7.50. The van der Waals surface area contributed by atoms with Gasteiger partial charge in [0, 0.05) is 25.8 Å². The van der Waals surface area contributed by atoms with Gasteiger partial charge in [-0.25, -0.2) is 18.2 Å². The number of carbonyl (C=O) groups excluding carboxylic acids is 1. The van der Waals surface area contributed by atoms with Gasteiger partial charge in [-0.05, 0) is 54.7 Å². The van der Waals surface area contributed by atoms with Crippen molar-refractivity contribution < 1.29 is 27.9 Å². The second kappa shape index (κ2) is 8.51. The van der Waals surface area contributed by atoms with E-state index in [1.807, 2.05) is 13.0 Å². The number of aryl methyl sites for hydroxylation is 2. The SMILES string of the molecule is COC(=O)[C@H]1CN(S(=O)(=O)c2ccc3c(c2)C(C(=O)O)CC3)CCN1c1ccc(C)cn1. The molecule has 2 atom stereocenters. The number of rotatable bonds is 5. The molecule has 0 radical (unpaired) electrons. The van der Waals surface area contributed by atoms with Crippen LogP contribution in [0.5, 0.6) is 0 Å². The van der Waals surface area contributed by atoms with Gasteiger partial charge in [-0.2, -0.15) is 4.31 Å². The molecular weight excluding hydrogens is 434 g/mol. The number of carboxylic acid groups (broad SMARTS) is 1. The Hall–Kier alpha value is -2.98. The Balaban J connectivity index is 1.63. The highest BCUT2D eigenvalue weighted by molar-refractivity contribution is 7.89. The standard InChI is InChI=1S/C22H25N3O6S/c1-14-3-8-20(23-12-14)25-10-9-24(13-19(25)22(28)31-2)32(29,30)16-6-4-15-5-7-17(21(26)27)18(15)11-16/h3-4,6,8,11-12,17,19H,5,7,9-10,13H2,1-2H3,(H,26,27)/t17?,19-/m1/s1. The summed E-state index contributed by atoms with van der Waals surface area (Å²) in [6.45, 7) is 2.23. The van der Waals surface area contributed by atoms with Crippen molar-refractivity contribution in [2.24, 2.45) is 0 Å². The summed E-state index contributed by atoms with van der Waals surface area (Å²) in [5, 5.41) is 9.46. The molecule has 1 saturated heterocycles. The molecule has 1 aliphatic heterocycles. The predicted molar refractivity (Wildman–Crippen MR) is 116 cm³/mol. The van der Waals surface area contributed by atoms with Crippen LogP contribution in [0.4, 0.5) is 5.82 Å². The molecule has 4 rings (SSSR count). The molecule has 9 nitrogen and oxygen atoms in total. The van der Waals surface area contributed by atoms with Crippen LogP contribution in [0.2, 0.25) is 0 Å². The van der Waals surface area contributed by atoms with Crippen molar-refractivity contribution in [3.63, 3.8) is 0 Å². The number of aromatic nitrogens is 1. The number of fused-ring (bicyclic) bond motifs is 1. The summed E-state index contributed by atoms with van der Waals surface area (Å²) < 4.78 is 33.0. The lowest BCUT2D eigenvalue weighted by molar-refractivity contribution is -0.143. The number of sulfonamides is 1. The first-order chi connectivity index (χ1) is 15.2. The summed E-state index contributed by atoms with van der Waals surface area (Å²) in [5.41, 5.74) is 2.38. The van der Waals surface area contributed by atoms with E-state index in [1.54, 1.807) is 23.2 Å². The highest BCUT2D eigenvalue weighted by Crippen LogP contribution is 2.35. The second-order valence-electron chi connectivity index (χ2n) is 8.08. The van der Waals surface area contributed by atoms with Crippen LogP contribution in [0, 0.1) is 6.92 Å². The quantitative estimate of drug-likeness (QED) is 0.670. The van der Waals surface area contributed by atoms with Gasteiger partial charge in [-0.15, -0.1) is 0 Å². The van der Waals surface area contributed by atoms with E-state index in [9.17, 15) is 23.1 Å². The fourth-order valence-corrected chi connectivity index (χ4v) is 5.84. The predicted octanol–water partition coefficient (Wildman–Crippen LogP) is 1.56. The number of pyridine rings is 1. The molecule has 32 heavy (non-hydrogen) atoms. The molecule has 170 valence electrons. The number of nitrogens with zero attached hydrogens (tertiary/aromatic N) is 3. The maximum atomic E-state index is 13.4. The highest BCUT2D eigenvalue weighted by Gasteiger charge is 2.40. The molecular formula is C22H25N3O6S. The summed E-state index contributed by atoms with van der Waals surface area (Å²) >= 11 is 0. The fraction of sp³-hybridized carbons (Fsp3) is 0.409. The number of esters is 1. The van der Waals surface area contributed by atoms with Crippen LogP contribution >= 0.6 is 0 Å². The molecule has 2 heterocycles. The first-order valence-corrected chi connectivity index (χ1v) is 11.8. The first kappa shape index (κ1) is 22.2. The number of carboxylic acids is 1. The number of ether oxygens (including phenoxy) is 1. The fourth-order valence-electron chi connectivity index (χ4n) is 4.36. The normalized spacial score (nSPS) is 21.2. The smallest absolute Gasteiger partial charge is 0.329 e. The van der Waals surface area contributed by atoms with E-state index < -0.39 is 33.9 Å². The van der Waals surface area contributed by atoms with Crippen molar-refractivity contribution in [2.75, 3.05) is 31.6 Å². The van der Waals surface area contributed by atoms with Crippen LogP contribution in [0.3, 0.4) is 0 Å². The van der Waals surface area contributed by atoms with Crippen molar-refractivity contribution in [3.05, 3.63) is 53.2 Å². The zero-order valence-corrected chi connectivity index (χ0v) is 18.7. The lowest BCUT2D eigenvalue weighted by Gasteiger charge is -2.39. The molecule has 0 amide bonds. The Kier molecular flexibility index (Phi) is 5.91. The van der Waals surface area contributed by atoms with Crippen LogP contribution in [-0.2, 0) is 30.8 Å². The zero-order valence-electron chi connectivity index (χ0n) is 17.9. The van der Waals surface area contributed by atoms with Crippen LogP contribution in [0.15, 0.2) is 41.4 Å². The van der Waals surface area contributed by atoms with E-state index in [4.69, 9.17) is 4.74 Å². The van der Waals surface area contributed by atoms with Gasteiger partial charge in [0.1, 0.15) is 11.9 Å². The Morgan fingerprint density at radius 3 is 2.62 bits per heavy atom. The molecule has 0 saturated carbocycles. The van der Waals surface area contributed by atoms with Crippen LogP contribution in [-0.4, -0.2) is 67.5 Å². The van der Waals surface area contributed by atoms with Crippen LogP contribution in [0.25, 0.3) is 0 Å². The maximum absolute atomic E-state index is 13.4. The monoisotopic (exact) mass is 459 g/mol. The van der Waals surface area contributed by atoms with Crippen molar-refractivity contribution in [2.45, 2.75) is 36.6 Å². The van der Waals surface area contributed by atoms with Gasteiger partial charge in [-0.3, -0.25) is 4.79 Å². The summed E-state index contributed by atoms with van der Waals surface area (Å²) in [6.07, 6.45) is 2.76. The first-order valence-electron chi connectivity index (χ1n) is 10.4. The third kappa shape index (κ3) is 3.95. The second-order valence-corrected chi connectivity index (χ2v) is 10.0. The van der Waals surface area contributed by atoms with E-state index in [2.05, 4.69) is 4.98 Å². The number of anilines is 1. The largest absolute Gasteiger partial charge is 0.481 e. The minimum absolute atomic E-state index is 0.0370. The summed E-state index contributed by atoms with van der Waals surface area (Å²) in [7, 11) is -2.67. The molecule has 1 unspecified atom stereocenters. The van der Waals surface area contributed by atoms with E-state index in [-0.39, 0.29) is 24.5 Å². The zero-order chi connectivity index (χ0) is 23.0. The molecule has 2 aromatic rings. The molecule has 0 spiro atoms. The Morgan fingerprint density at radius 1 is 1.19 bits per heavy atom. The van der Waals surface area contributed by atoms with Crippen molar-refractivity contribution >= 4 is 27.8 Å². The molecule has 1 aromatic heterocycles. The number of hydrogen-bond acceptors (Lipinski definition) is 7. The molecule has 2 aliphatic rings. The van der Waals surface area contributed by atoms with Crippen molar-refractivity contribution in [1.29, 1.82) is 0 Å². The third-order valence-corrected chi connectivity index (χ3v) is 8.00. The topological polar surface area (TPSA) is 117 Å². The molecule has 10 heteroatoms. The van der Waals surface area contributed by atoms with E-state index in [0.29, 0.717) is 24.2 Å². The van der Waals surface area contributed by atoms with Crippen molar-refractivity contribution in [3.8, 4) is 0 Å². The Labute approximate surface area is 186 Å². The number of hydrogen-bond donors (Lipinski definition) is 1. The number of benzene rings is 1. The van der Waals surface area contributed by atoms with Gasteiger partial charge in [0.05, 0.1) is 17.9 Å². The van der Waals surface area contributed by atoms with Gasteiger partial charge in [-0.1, -0.05) is 12.1 Å². The molecule has 0 bridgehead atoms. The Morgan fingerprint density at radius 2 is 1.97 bits per heavy atom. The Bertz CT molecular complexity index is 1150. The van der Waals surface area contributed by atoms with Gasteiger partial charge >= 0.3 is 11.9 Å². The van der Waals surface area contributed by atoms with E-state index in [0.717, 1.165) is 11.1 Å². The lowest BCUT2D eigenvalue weighted by atomic mass is 10.0. The number of piperazine rings is 1. The van der Waals surface area contributed by atoms with Crippen LogP contribution in [0.1, 0.15) is 29.0 Å². The lowest BCUT2D eigenvalue weighted by Crippen LogP contribution is -2.58. The number of methoxy groups -OCH3 is 1. The van der Waals surface area contributed by atoms with Crippen molar-refractivity contribution in [1.82, 2.24) is 9.29 Å². The number of aliphatic carboxylic acids is 1. The molecule has 1 fully saturated rings. The maximum Gasteiger partial charge on any atom is 0.329 e. The molecule has 1 aliphatic carbocycles. The van der Waals surface area contributed by atoms with Gasteiger partial charge in [0.2, 0.25) is 10.0 Å². The number of carbonyl (C=O) groups is 2. The van der Waals surface area contributed by atoms with Gasteiger partial charge < -0.3 is 14.7 Å². The minimum atomic E-state index is -3.93. The van der Waals surface area contributed by atoms with E-state index in [1.165, 1.54) is 23.5 Å². The third-order valence-electron chi connectivity index (χ3n) is 6.14. The molecule has 1 aromatic carbocycles. The van der Waals surface area contributed by atoms with Gasteiger partial charge in [0.25, 0.3) is 0 Å². The van der Waals surface area contributed by atoms with Gasteiger partial charge in [0.15, 0.2) is 0 Å². The highest BCUT2D eigenvalue weighted by atomic mass is 32.2. The van der Waals surface area contributed by atoms with E-state index >= 15 is 0 Å². The van der Waals surface area contributed by atoms with Crippen LogP contribution < -0.4 is 4.90 Å². The summed E-state index contributed by atoms with van der Waals surface area (Å²) in [5.74, 6) is -1.63.